The van der Waals surface area contributed by atoms with Gasteiger partial charge in [-0.1, -0.05) is 68.8 Å². The van der Waals surface area contributed by atoms with Gasteiger partial charge >= 0.3 is 0 Å². The van der Waals surface area contributed by atoms with Crippen LogP contribution in [0.15, 0.2) is 67.5 Å². The second-order valence-corrected chi connectivity index (χ2v) is 8.98. The maximum Gasteiger partial charge on any atom is 0.201 e. The lowest BCUT2D eigenvalue weighted by molar-refractivity contribution is 0.0566. The van der Waals surface area contributed by atoms with Gasteiger partial charge in [0, 0.05) is 35.7 Å². The van der Waals surface area contributed by atoms with Crippen LogP contribution in [-0.4, -0.2) is 29.3 Å². The van der Waals surface area contributed by atoms with Gasteiger partial charge in [-0.3, -0.25) is 0 Å². The summed E-state index contributed by atoms with van der Waals surface area (Å²) in [7, 11) is 0. The van der Waals surface area contributed by atoms with Crippen molar-refractivity contribution >= 4 is 6.08 Å². The topological polar surface area (TPSA) is 44.2 Å². The Morgan fingerprint density at radius 1 is 0.946 bits per heavy atom. The van der Waals surface area contributed by atoms with Crippen LogP contribution in [0.4, 0.5) is 8.78 Å². The highest BCUT2D eigenvalue weighted by Crippen LogP contribution is 2.30. The van der Waals surface area contributed by atoms with Gasteiger partial charge in [-0.2, -0.15) is 4.39 Å². The number of hydrogen-bond donors (Lipinski definition) is 0. The van der Waals surface area contributed by atoms with Crippen molar-refractivity contribution in [2.24, 2.45) is 0 Å². The second kappa shape index (κ2) is 15.0. The Bertz CT molecular complexity index is 1150. The maximum atomic E-state index is 14.6. The molecule has 6 heteroatoms. The molecule has 2 aromatic carbocycles. The maximum absolute atomic E-state index is 14.6. The third kappa shape index (κ3) is 8.60. The summed E-state index contributed by atoms with van der Waals surface area (Å²) in [5.74, 6) is -1.69. The zero-order valence-corrected chi connectivity index (χ0v) is 21.8. The largest absolute Gasteiger partial charge is 0.486 e. The summed E-state index contributed by atoms with van der Waals surface area (Å²) >= 11 is 0. The van der Waals surface area contributed by atoms with Crippen LogP contribution < -0.4 is 4.74 Å². The van der Waals surface area contributed by atoms with Gasteiger partial charge in [0.1, 0.15) is 6.61 Å². The molecule has 196 valence electrons. The number of benzene rings is 2. The van der Waals surface area contributed by atoms with Crippen molar-refractivity contribution < 1.29 is 18.3 Å². The van der Waals surface area contributed by atoms with Crippen molar-refractivity contribution in [2.45, 2.75) is 58.5 Å². The predicted octanol–water partition coefficient (Wildman–Crippen LogP) is 8.43. The van der Waals surface area contributed by atoms with Crippen LogP contribution in [0.25, 0.3) is 28.6 Å². The van der Waals surface area contributed by atoms with Gasteiger partial charge in [0.05, 0.1) is 6.10 Å². The SMILES string of the molecule is C=CCOc1ccc(-c2cnc(-c3ccc(/C=C/CCCC(C)OCCCCC)cc3)nc2)c(F)c1F. The van der Waals surface area contributed by atoms with E-state index in [-0.39, 0.29) is 17.9 Å². The molecule has 0 saturated heterocycles. The smallest absolute Gasteiger partial charge is 0.201 e. The van der Waals surface area contributed by atoms with Gasteiger partial charge in [-0.15, -0.1) is 0 Å². The lowest BCUT2D eigenvalue weighted by Gasteiger charge is -2.12. The van der Waals surface area contributed by atoms with Crippen LogP contribution in [0, 0.1) is 11.6 Å². The average molecular weight is 507 g/mol. The van der Waals surface area contributed by atoms with E-state index in [0.29, 0.717) is 17.5 Å². The Balaban J connectivity index is 1.52. The number of hydrogen-bond acceptors (Lipinski definition) is 4. The molecule has 1 unspecified atom stereocenters. The summed E-state index contributed by atoms with van der Waals surface area (Å²) < 4.78 is 39.8. The van der Waals surface area contributed by atoms with Gasteiger partial charge in [0.15, 0.2) is 17.4 Å². The minimum absolute atomic E-state index is 0.0768. The highest BCUT2D eigenvalue weighted by atomic mass is 19.2. The zero-order chi connectivity index (χ0) is 26.5. The molecule has 0 aliphatic carbocycles. The van der Waals surface area contributed by atoms with Gasteiger partial charge in [-0.05, 0) is 50.3 Å². The van der Waals surface area contributed by atoms with Crippen LogP contribution in [0.5, 0.6) is 5.75 Å². The van der Waals surface area contributed by atoms with Crippen LogP contribution >= 0.6 is 0 Å². The molecule has 4 nitrogen and oxygen atoms in total. The summed E-state index contributed by atoms with van der Waals surface area (Å²) in [5, 5.41) is 0. The van der Waals surface area contributed by atoms with Crippen molar-refractivity contribution in [3.05, 3.63) is 84.7 Å². The number of allylic oxidation sites excluding steroid dienone is 1. The lowest BCUT2D eigenvalue weighted by Crippen LogP contribution is -2.08. The fourth-order valence-electron chi connectivity index (χ4n) is 3.84. The Labute approximate surface area is 219 Å². The summed E-state index contributed by atoms with van der Waals surface area (Å²) in [6.07, 6.45) is 15.8. The zero-order valence-electron chi connectivity index (χ0n) is 21.8. The number of unbranched alkanes of at least 4 members (excludes halogenated alkanes) is 3. The molecule has 3 aromatic rings. The highest BCUT2D eigenvalue weighted by Gasteiger charge is 2.16. The molecule has 0 N–H and O–H groups in total. The van der Waals surface area contributed by atoms with E-state index in [0.717, 1.165) is 43.4 Å². The van der Waals surface area contributed by atoms with E-state index >= 15 is 0 Å². The van der Waals surface area contributed by atoms with Crippen molar-refractivity contribution in [1.29, 1.82) is 0 Å². The third-order valence-corrected chi connectivity index (χ3v) is 5.98. The van der Waals surface area contributed by atoms with Crippen LogP contribution in [0.1, 0.15) is 57.9 Å². The van der Waals surface area contributed by atoms with Crippen LogP contribution in [0.3, 0.4) is 0 Å². The fraction of sp³-hybridized carbons (Fsp3) is 0.355. The summed E-state index contributed by atoms with van der Waals surface area (Å²) in [5.41, 5.74) is 2.40. The molecule has 3 rings (SSSR count). The standard InChI is InChI=1S/C31H36F2N2O2/c1-4-6-10-20-36-23(3)11-8-7-9-12-24-13-15-25(16-14-24)31-34-21-26(22-35-31)27-17-18-28(37-19-5-2)30(33)29(27)32/h5,9,12-18,21-23H,2,4,6-8,10-11,19-20H2,1,3H3/b12-9+. The van der Waals surface area contributed by atoms with Gasteiger partial charge < -0.3 is 9.47 Å². The number of nitrogens with zero attached hydrogens (tertiary/aromatic N) is 2. The van der Waals surface area contributed by atoms with E-state index in [4.69, 9.17) is 9.47 Å². The van der Waals surface area contributed by atoms with Crippen molar-refractivity contribution in [1.82, 2.24) is 9.97 Å². The van der Waals surface area contributed by atoms with Crippen molar-refractivity contribution in [2.75, 3.05) is 13.2 Å². The van der Waals surface area contributed by atoms with Crippen LogP contribution in [0.2, 0.25) is 0 Å². The minimum Gasteiger partial charge on any atom is -0.486 e. The first-order valence-corrected chi connectivity index (χ1v) is 13.0. The monoisotopic (exact) mass is 506 g/mol. The molecule has 0 amide bonds. The van der Waals surface area contributed by atoms with Crippen molar-refractivity contribution in [3.63, 3.8) is 0 Å². The Hall–Kier alpha value is -3.38. The predicted molar refractivity (Wildman–Crippen MR) is 146 cm³/mol. The molecule has 1 atom stereocenters. The fourth-order valence-corrected chi connectivity index (χ4v) is 3.84. The average Bonchev–Trinajstić information content (AvgIpc) is 2.92. The second-order valence-electron chi connectivity index (χ2n) is 8.98. The molecule has 1 aromatic heterocycles. The van der Waals surface area contributed by atoms with E-state index in [1.807, 2.05) is 24.3 Å². The molecule has 0 radical (unpaired) electrons. The van der Waals surface area contributed by atoms with E-state index in [1.54, 1.807) is 0 Å². The summed E-state index contributed by atoms with van der Waals surface area (Å²) in [4.78, 5) is 8.72. The molecular formula is C31H36F2N2O2. The lowest BCUT2D eigenvalue weighted by atomic mass is 10.1. The molecule has 0 aliphatic rings. The van der Waals surface area contributed by atoms with E-state index in [2.05, 4.69) is 42.5 Å². The Morgan fingerprint density at radius 3 is 2.41 bits per heavy atom. The quantitative estimate of drug-likeness (QED) is 0.153. The van der Waals surface area contributed by atoms with Gasteiger partial charge in [-0.25, -0.2) is 14.4 Å². The molecule has 1 heterocycles. The summed E-state index contributed by atoms with van der Waals surface area (Å²) in [6.45, 7) is 8.80. The van der Waals surface area contributed by atoms with Crippen molar-refractivity contribution in [3.8, 4) is 28.3 Å². The number of halogens is 2. The van der Waals surface area contributed by atoms with E-state index in [1.165, 1.54) is 43.4 Å². The van der Waals surface area contributed by atoms with Crippen LogP contribution in [-0.2, 0) is 4.74 Å². The van der Waals surface area contributed by atoms with Gasteiger partial charge in [0.2, 0.25) is 5.82 Å². The molecule has 37 heavy (non-hydrogen) atoms. The molecule has 0 spiro atoms. The first-order chi connectivity index (χ1) is 18.0. The molecular weight excluding hydrogens is 470 g/mol. The minimum atomic E-state index is -1.04. The van der Waals surface area contributed by atoms with E-state index < -0.39 is 11.6 Å². The van der Waals surface area contributed by atoms with Gasteiger partial charge in [0.25, 0.3) is 0 Å². The number of rotatable bonds is 15. The third-order valence-electron chi connectivity index (χ3n) is 5.98. The highest BCUT2D eigenvalue weighted by molar-refractivity contribution is 5.66. The number of aromatic nitrogens is 2. The van der Waals surface area contributed by atoms with E-state index in [9.17, 15) is 8.78 Å². The summed E-state index contributed by atoms with van der Waals surface area (Å²) in [6, 6.07) is 10.8. The molecule has 0 bridgehead atoms. The first kappa shape index (κ1) is 28.2. The number of ether oxygens (including phenoxy) is 2. The normalized spacial score (nSPS) is 12.1. The molecule has 0 saturated carbocycles. The first-order valence-electron chi connectivity index (χ1n) is 13.0. The Morgan fingerprint density at radius 2 is 1.70 bits per heavy atom. The molecule has 0 fully saturated rings. The Kier molecular flexibility index (Phi) is 11.4. The molecule has 0 aliphatic heterocycles.